The molecule has 0 aromatic heterocycles. The number of ether oxygens (including phenoxy) is 2. The van der Waals surface area contributed by atoms with E-state index in [0.29, 0.717) is 0 Å². The fourth-order valence-corrected chi connectivity index (χ4v) is 2.06. The van der Waals surface area contributed by atoms with Gasteiger partial charge in [0.15, 0.2) is 0 Å². The fraction of sp³-hybridized carbons (Fsp3) is 0.200. The van der Waals surface area contributed by atoms with E-state index in [4.69, 9.17) is 9.47 Å². The van der Waals surface area contributed by atoms with Crippen molar-refractivity contribution in [3.8, 4) is 5.75 Å². The third-order valence-corrected chi connectivity index (χ3v) is 3.48. The summed E-state index contributed by atoms with van der Waals surface area (Å²) in [6, 6.07) is 15.9. The number of amides is 1. The monoisotopic (exact) mass is 339 g/mol. The normalized spacial score (nSPS) is 11.8. The summed E-state index contributed by atoms with van der Waals surface area (Å²) in [4.78, 5) is 23.8. The second-order valence-corrected chi connectivity index (χ2v) is 5.43. The minimum atomic E-state index is -0.725. The lowest BCUT2D eigenvalue weighted by Crippen LogP contribution is -2.38. The molecule has 0 aliphatic rings. The molecule has 0 radical (unpaired) electrons. The van der Waals surface area contributed by atoms with Gasteiger partial charge < -0.3 is 14.8 Å². The van der Waals surface area contributed by atoms with Crippen LogP contribution in [0.15, 0.2) is 60.7 Å². The van der Waals surface area contributed by atoms with Gasteiger partial charge in [0.1, 0.15) is 18.4 Å². The lowest BCUT2D eigenvalue weighted by Gasteiger charge is -2.12. The molecular weight excluding hydrogens is 318 g/mol. The fourth-order valence-electron chi connectivity index (χ4n) is 2.06. The first kappa shape index (κ1) is 18.3. The molecule has 2 rings (SSSR count). The summed E-state index contributed by atoms with van der Waals surface area (Å²) >= 11 is 0. The average molecular weight is 339 g/mol. The Kier molecular flexibility index (Phi) is 6.77. The summed E-state index contributed by atoms with van der Waals surface area (Å²) in [6.45, 7) is 1.77. The molecule has 2 aromatic carbocycles. The van der Waals surface area contributed by atoms with Crippen molar-refractivity contribution in [2.24, 2.45) is 0 Å². The molecule has 0 saturated heterocycles. The van der Waals surface area contributed by atoms with Crippen LogP contribution in [-0.2, 0) is 20.9 Å². The van der Waals surface area contributed by atoms with Gasteiger partial charge in [-0.15, -0.1) is 0 Å². The van der Waals surface area contributed by atoms with Gasteiger partial charge in [-0.2, -0.15) is 0 Å². The standard InChI is InChI=1S/C20H21NO4/c1-15(20(23)25-14-17-6-4-3-5-7-17)21-19(22)13-10-16-8-11-18(24-2)12-9-16/h3-13,15H,14H2,1-2H3,(H,21,22)/b13-10+/t15-/m0/s1. The van der Waals surface area contributed by atoms with E-state index in [1.54, 1.807) is 32.2 Å². The third-order valence-electron chi connectivity index (χ3n) is 3.48. The Bertz CT molecular complexity index is 723. The van der Waals surface area contributed by atoms with Crippen molar-refractivity contribution < 1.29 is 19.1 Å². The van der Waals surface area contributed by atoms with Crippen molar-refractivity contribution in [2.75, 3.05) is 7.11 Å². The lowest BCUT2D eigenvalue weighted by atomic mass is 10.2. The quantitative estimate of drug-likeness (QED) is 0.622. The van der Waals surface area contributed by atoms with Crippen LogP contribution in [0.5, 0.6) is 5.75 Å². The van der Waals surface area contributed by atoms with Crippen molar-refractivity contribution in [1.29, 1.82) is 0 Å². The zero-order valence-electron chi connectivity index (χ0n) is 14.3. The van der Waals surface area contributed by atoms with Crippen LogP contribution in [0.3, 0.4) is 0 Å². The lowest BCUT2D eigenvalue weighted by molar-refractivity contribution is -0.148. The Balaban J connectivity index is 1.80. The minimum absolute atomic E-state index is 0.182. The van der Waals surface area contributed by atoms with Gasteiger partial charge in [-0.05, 0) is 36.3 Å². The summed E-state index contributed by atoms with van der Waals surface area (Å²) in [7, 11) is 1.59. The second-order valence-electron chi connectivity index (χ2n) is 5.43. The van der Waals surface area contributed by atoms with E-state index in [9.17, 15) is 9.59 Å². The topological polar surface area (TPSA) is 64.6 Å². The van der Waals surface area contributed by atoms with Crippen LogP contribution in [0.1, 0.15) is 18.1 Å². The Labute approximate surface area is 147 Å². The highest BCUT2D eigenvalue weighted by Crippen LogP contribution is 2.12. The number of esters is 1. The van der Waals surface area contributed by atoms with Crippen molar-refractivity contribution in [3.05, 3.63) is 71.8 Å². The zero-order valence-corrected chi connectivity index (χ0v) is 14.3. The summed E-state index contributed by atoms with van der Waals surface area (Å²) in [5.74, 6) is -0.0913. The molecular formula is C20H21NO4. The van der Waals surface area contributed by atoms with Crippen LogP contribution < -0.4 is 10.1 Å². The molecule has 2 aromatic rings. The van der Waals surface area contributed by atoms with Crippen LogP contribution in [-0.4, -0.2) is 25.0 Å². The molecule has 0 bridgehead atoms. The smallest absolute Gasteiger partial charge is 0.328 e. The van der Waals surface area contributed by atoms with Crippen LogP contribution in [0.2, 0.25) is 0 Å². The van der Waals surface area contributed by atoms with Crippen molar-refractivity contribution in [2.45, 2.75) is 19.6 Å². The molecule has 0 spiro atoms. The first-order valence-corrected chi connectivity index (χ1v) is 7.91. The van der Waals surface area contributed by atoms with E-state index in [1.165, 1.54) is 6.08 Å². The highest BCUT2D eigenvalue weighted by molar-refractivity contribution is 5.94. The third kappa shape index (κ3) is 6.14. The zero-order chi connectivity index (χ0) is 18.1. The summed E-state index contributed by atoms with van der Waals surface area (Å²) in [5, 5.41) is 2.58. The largest absolute Gasteiger partial charge is 0.497 e. The second kappa shape index (κ2) is 9.27. The number of nitrogens with one attached hydrogen (secondary N) is 1. The van der Waals surface area contributed by atoms with Crippen molar-refractivity contribution in [3.63, 3.8) is 0 Å². The van der Waals surface area contributed by atoms with E-state index in [1.807, 2.05) is 42.5 Å². The van der Waals surface area contributed by atoms with Gasteiger partial charge in [0.25, 0.3) is 0 Å². The maximum atomic E-state index is 11.9. The van der Waals surface area contributed by atoms with Gasteiger partial charge >= 0.3 is 5.97 Å². The molecule has 0 aliphatic heterocycles. The number of methoxy groups -OCH3 is 1. The molecule has 0 heterocycles. The number of hydrogen-bond donors (Lipinski definition) is 1. The van der Waals surface area contributed by atoms with Crippen molar-refractivity contribution in [1.82, 2.24) is 5.32 Å². The summed E-state index contributed by atoms with van der Waals surface area (Å²) in [5.41, 5.74) is 1.75. The average Bonchev–Trinajstić information content (AvgIpc) is 2.65. The molecule has 0 aliphatic carbocycles. The van der Waals surface area contributed by atoms with Crippen LogP contribution in [0.4, 0.5) is 0 Å². The summed E-state index contributed by atoms with van der Waals surface area (Å²) < 4.78 is 10.3. The molecule has 0 unspecified atom stereocenters. The number of carbonyl (C=O) groups excluding carboxylic acids is 2. The van der Waals surface area contributed by atoms with Gasteiger partial charge in [0.05, 0.1) is 7.11 Å². The Morgan fingerprint density at radius 3 is 2.40 bits per heavy atom. The Morgan fingerprint density at radius 2 is 1.76 bits per heavy atom. The Hall–Kier alpha value is -3.08. The molecule has 1 N–H and O–H groups in total. The highest BCUT2D eigenvalue weighted by Gasteiger charge is 2.15. The van der Waals surface area contributed by atoms with Crippen LogP contribution >= 0.6 is 0 Å². The molecule has 0 fully saturated rings. The van der Waals surface area contributed by atoms with E-state index in [2.05, 4.69) is 5.32 Å². The van der Waals surface area contributed by atoms with E-state index < -0.39 is 12.0 Å². The van der Waals surface area contributed by atoms with Gasteiger partial charge in [0.2, 0.25) is 5.91 Å². The van der Waals surface area contributed by atoms with Gasteiger partial charge in [-0.25, -0.2) is 4.79 Å². The van der Waals surface area contributed by atoms with Crippen LogP contribution in [0.25, 0.3) is 6.08 Å². The summed E-state index contributed by atoms with van der Waals surface area (Å²) in [6.07, 6.45) is 3.04. The van der Waals surface area contributed by atoms with Gasteiger partial charge in [0, 0.05) is 6.08 Å². The predicted octanol–water partition coefficient (Wildman–Crippen LogP) is 2.96. The number of rotatable bonds is 7. The van der Waals surface area contributed by atoms with Crippen LogP contribution in [0, 0.1) is 0 Å². The van der Waals surface area contributed by atoms with E-state index in [0.717, 1.165) is 16.9 Å². The molecule has 130 valence electrons. The predicted molar refractivity (Wildman–Crippen MR) is 95.9 cm³/mol. The molecule has 0 saturated carbocycles. The SMILES string of the molecule is COc1ccc(/C=C/C(=O)N[C@@H](C)C(=O)OCc2ccccc2)cc1. The maximum absolute atomic E-state index is 11.9. The number of carbonyl (C=O) groups is 2. The Morgan fingerprint density at radius 1 is 1.08 bits per heavy atom. The number of hydrogen-bond acceptors (Lipinski definition) is 4. The van der Waals surface area contributed by atoms with Crippen molar-refractivity contribution >= 4 is 18.0 Å². The molecule has 5 nitrogen and oxygen atoms in total. The maximum Gasteiger partial charge on any atom is 0.328 e. The van der Waals surface area contributed by atoms with Gasteiger partial charge in [-0.3, -0.25) is 4.79 Å². The molecule has 25 heavy (non-hydrogen) atoms. The first-order chi connectivity index (χ1) is 12.1. The number of benzene rings is 2. The minimum Gasteiger partial charge on any atom is -0.497 e. The first-order valence-electron chi connectivity index (χ1n) is 7.91. The molecule has 1 atom stereocenters. The molecule has 5 heteroatoms. The highest BCUT2D eigenvalue weighted by atomic mass is 16.5. The van der Waals surface area contributed by atoms with E-state index in [-0.39, 0.29) is 12.5 Å². The molecule has 1 amide bonds. The van der Waals surface area contributed by atoms with Gasteiger partial charge in [-0.1, -0.05) is 42.5 Å². The van der Waals surface area contributed by atoms with E-state index >= 15 is 0 Å².